The van der Waals surface area contributed by atoms with E-state index in [1.165, 1.54) is 11.1 Å². The van der Waals surface area contributed by atoms with Crippen LogP contribution in [0.3, 0.4) is 0 Å². The predicted octanol–water partition coefficient (Wildman–Crippen LogP) is 2.71. The van der Waals surface area contributed by atoms with Gasteiger partial charge in [0.25, 0.3) is 11.8 Å². The van der Waals surface area contributed by atoms with Gasteiger partial charge >= 0.3 is 0 Å². The smallest absolute Gasteiger partial charge is 0.289 e. The van der Waals surface area contributed by atoms with Gasteiger partial charge in [0.15, 0.2) is 5.84 Å². The molecule has 33 heavy (non-hydrogen) atoms. The number of nitrogens with two attached hydrogens (primary N) is 2. The van der Waals surface area contributed by atoms with Crippen molar-refractivity contribution in [3.8, 4) is 0 Å². The zero-order valence-corrected chi connectivity index (χ0v) is 19.7. The molecule has 0 aliphatic carbocycles. The Morgan fingerprint density at radius 3 is 2.61 bits per heavy atom. The first-order valence-electron chi connectivity index (χ1n) is 11.1. The largest absolute Gasteiger partial charge is 0.384 e. The summed E-state index contributed by atoms with van der Waals surface area (Å²) in [6.45, 7) is 9.16. The highest BCUT2D eigenvalue weighted by molar-refractivity contribution is 6.37. The van der Waals surface area contributed by atoms with Crippen LogP contribution in [-0.2, 0) is 4.79 Å². The second kappa shape index (κ2) is 10.3. The fraction of sp³-hybridized carbons (Fsp3) is 0.360. The lowest BCUT2D eigenvalue weighted by atomic mass is 9.93. The number of carbonyl (C=O) groups is 2. The summed E-state index contributed by atoms with van der Waals surface area (Å²) in [6, 6.07) is 13.1. The Labute approximate surface area is 195 Å². The van der Waals surface area contributed by atoms with Gasteiger partial charge in [-0.3, -0.25) is 9.59 Å². The predicted molar refractivity (Wildman–Crippen MR) is 131 cm³/mol. The molecule has 0 bridgehead atoms. The van der Waals surface area contributed by atoms with E-state index in [0.717, 1.165) is 5.57 Å². The minimum Gasteiger partial charge on any atom is -0.384 e. The number of nitrogens with zero attached hydrogens (tertiary/aromatic N) is 4. The molecule has 1 aliphatic heterocycles. The van der Waals surface area contributed by atoms with Crippen LogP contribution in [0.25, 0.3) is 0 Å². The molecule has 2 unspecified atom stereocenters. The number of hydrogen-bond acceptors (Lipinski definition) is 5. The summed E-state index contributed by atoms with van der Waals surface area (Å²) < 4.78 is 0. The van der Waals surface area contributed by atoms with Crippen molar-refractivity contribution in [1.82, 2.24) is 14.8 Å². The van der Waals surface area contributed by atoms with Crippen molar-refractivity contribution >= 4 is 23.5 Å². The van der Waals surface area contributed by atoms with Crippen LogP contribution in [0.1, 0.15) is 48.3 Å². The Kier molecular flexibility index (Phi) is 7.48. The minimum atomic E-state index is -0.330. The van der Waals surface area contributed by atoms with E-state index in [0.29, 0.717) is 31.1 Å². The van der Waals surface area contributed by atoms with Crippen molar-refractivity contribution in [2.75, 3.05) is 25.4 Å². The number of aryl methyl sites for hydroxylation is 1. The monoisotopic (exact) mass is 448 g/mol. The summed E-state index contributed by atoms with van der Waals surface area (Å²) in [5, 5.41) is 0. The molecule has 1 saturated heterocycles. The standard InChI is InChI=1S/C25H32N6O2/c1-16-7-5-8-20(13-16)19(4)17(2)14-28-23(27)25(33)31-12-11-30(15-18(31)3)24(32)21-9-6-10-22(26)29-21/h5-10,13-14,18-19H,11-12,15H2,1-4H3,(H2,26,29)(H2,27,28)/b17-14+. The summed E-state index contributed by atoms with van der Waals surface area (Å²) >= 11 is 0. The van der Waals surface area contributed by atoms with Gasteiger partial charge in [-0.25, -0.2) is 9.98 Å². The van der Waals surface area contributed by atoms with Gasteiger partial charge < -0.3 is 21.3 Å². The Morgan fingerprint density at radius 1 is 1.21 bits per heavy atom. The molecular formula is C25H32N6O2. The van der Waals surface area contributed by atoms with Gasteiger partial charge in [-0.1, -0.05) is 42.8 Å². The molecule has 8 heteroatoms. The van der Waals surface area contributed by atoms with Crippen LogP contribution in [0, 0.1) is 6.92 Å². The number of pyridine rings is 1. The zero-order chi connectivity index (χ0) is 24.1. The van der Waals surface area contributed by atoms with Gasteiger partial charge in [0, 0.05) is 37.8 Å². The third kappa shape index (κ3) is 5.77. The summed E-state index contributed by atoms with van der Waals surface area (Å²) in [4.78, 5) is 37.3. The topological polar surface area (TPSA) is 118 Å². The van der Waals surface area contributed by atoms with Crippen molar-refractivity contribution in [2.24, 2.45) is 10.7 Å². The number of nitrogen functional groups attached to an aromatic ring is 1. The highest BCUT2D eigenvalue weighted by Gasteiger charge is 2.31. The van der Waals surface area contributed by atoms with Crippen molar-refractivity contribution in [3.63, 3.8) is 0 Å². The van der Waals surface area contributed by atoms with E-state index in [1.807, 2.05) is 19.9 Å². The molecule has 2 aromatic rings. The van der Waals surface area contributed by atoms with E-state index in [9.17, 15) is 9.59 Å². The van der Waals surface area contributed by atoms with E-state index in [2.05, 4.69) is 42.0 Å². The molecule has 1 aromatic carbocycles. The van der Waals surface area contributed by atoms with Gasteiger partial charge in [-0.2, -0.15) is 0 Å². The Balaban J connectivity index is 1.64. The van der Waals surface area contributed by atoms with Crippen LogP contribution in [0.15, 0.2) is 59.2 Å². The number of anilines is 1. The number of benzene rings is 1. The number of amidine groups is 1. The van der Waals surface area contributed by atoms with Gasteiger partial charge in [-0.05, 0) is 44.0 Å². The number of aromatic nitrogens is 1. The molecule has 1 aromatic heterocycles. The molecule has 0 saturated carbocycles. The highest BCUT2D eigenvalue weighted by Crippen LogP contribution is 2.24. The second-order valence-corrected chi connectivity index (χ2v) is 8.57. The number of carbonyl (C=O) groups excluding carboxylic acids is 2. The third-order valence-electron chi connectivity index (χ3n) is 6.02. The molecule has 174 valence electrons. The Morgan fingerprint density at radius 2 is 1.94 bits per heavy atom. The lowest BCUT2D eigenvalue weighted by molar-refractivity contribution is -0.128. The molecule has 3 rings (SSSR count). The van der Waals surface area contributed by atoms with Crippen LogP contribution in [0.4, 0.5) is 5.82 Å². The van der Waals surface area contributed by atoms with E-state index >= 15 is 0 Å². The van der Waals surface area contributed by atoms with Crippen LogP contribution in [-0.4, -0.2) is 58.1 Å². The highest BCUT2D eigenvalue weighted by atomic mass is 16.2. The average Bonchev–Trinajstić information content (AvgIpc) is 2.80. The molecule has 0 spiro atoms. The van der Waals surface area contributed by atoms with Crippen molar-refractivity contribution in [3.05, 3.63) is 71.1 Å². The van der Waals surface area contributed by atoms with Crippen LogP contribution < -0.4 is 11.5 Å². The molecule has 2 amide bonds. The lowest BCUT2D eigenvalue weighted by Gasteiger charge is -2.39. The summed E-state index contributed by atoms with van der Waals surface area (Å²) in [5.41, 5.74) is 15.4. The molecule has 0 radical (unpaired) electrons. The summed E-state index contributed by atoms with van der Waals surface area (Å²) in [5.74, 6) is -0.136. The maximum absolute atomic E-state index is 12.9. The summed E-state index contributed by atoms with van der Waals surface area (Å²) in [7, 11) is 0. The van der Waals surface area contributed by atoms with Crippen LogP contribution >= 0.6 is 0 Å². The third-order valence-corrected chi connectivity index (χ3v) is 6.02. The fourth-order valence-electron chi connectivity index (χ4n) is 3.86. The number of rotatable bonds is 4. The number of aliphatic imine (C=N–C) groups is 1. The normalized spacial score (nSPS) is 18.2. The van der Waals surface area contributed by atoms with E-state index in [-0.39, 0.29) is 29.6 Å². The van der Waals surface area contributed by atoms with Gasteiger partial charge in [-0.15, -0.1) is 0 Å². The minimum absolute atomic E-state index is 0.0603. The number of amides is 2. The summed E-state index contributed by atoms with van der Waals surface area (Å²) in [6.07, 6.45) is 1.66. The number of allylic oxidation sites excluding steroid dienone is 1. The van der Waals surface area contributed by atoms with Crippen molar-refractivity contribution < 1.29 is 9.59 Å². The molecular weight excluding hydrogens is 416 g/mol. The maximum atomic E-state index is 12.9. The first-order chi connectivity index (χ1) is 15.7. The van der Waals surface area contributed by atoms with E-state index in [4.69, 9.17) is 11.5 Å². The van der Waals surface area contributed by atoms with Gasteiger partial charge in [0.05, 0.1) is 0 Å². The fourth-order valence-corrected chi connectivity index (χ4v) is 3.86. The maximum Gasteiger partial charge on any atom is 0.289 e. The van der Waals surface area contributed by atoms with Crippen molar-refractivity contribution in [2.45, 2.75) is 39.7 Å². The first-order valence-corrected chi connectivity index (χ1v) is 11.1. The van der Waals surface area contributed by atoms with Gasteiger partial charge in [0.1, 0.15) is 11.5 Å². The molecule has 8 nitrogen and oxygen atoms in total. The Hall–Kier alpha value is -3.68. The first kappa shape index (κ1) is 24.0. The van der Waals surface area contributed by atoms with E-state index in [1.54, 1.807) is 34.2 Å². The van der Waals surface area contributed by atoms with E-state index < -0.39 is 0 Å². The molecule has 4 N–H and O–H groups in total. The quantitative estimate of drug-likeness (QED) is 0.551. The molecule has 1 fully saturated rings. The average molecular weight is 449 g/mol. The molecule has 2 heterocycles. The molecule has 1 aliphatic rings. The van der Waals surface area contributed by atoms with Crippen LogP contribution in [0.5, 0.6) is 0 Å². The van der Waals surface area contributed by atoms with Crippen molar-refractivity contribution in [1.29, 1.82) is 0 Å². The molecule has 2 atom stereocenters. The second-order valence-electron chi connectivity index (χ2n) is 8.57. The van der Waals surface area contributed by atoms with Gasteiger partial charge in [0.2, 0.25) is 0 Å². The number of piperazine rings is 1. The number of hydrogen-bond donors (Lipinski definition) is 2. The SMILES string of the molecule is C/C(=C\N=C(N)C(=O)N1CCN(C(=O)c2cccc(N)n2)CC1C)C(C)c1cccc(C)c1. The lowest BCUT2D eigenvalue weighted by Crippen LogP contribution is -2.57. The van der Waals surface area contributed by atoms with Crippen LogP contribution in [0.2, 0.25) is 0 Å². The Bertz CT molecular complexity index is 1090. The zero-order valence-electron chi connectivity index (χ0n) is 19.7.